The van der Waals surface area contributed by atoms with Gasteiger partial charge in [-0.1, -0.05) is 33.8 Å². The molecule has 0 spiro atoms. The third-order valence-corrected chi connectivity index (χ3v) is 5.58. The molecule has 0 saturated carbocycles. The third kappa shape index (κ3) is 2.66. The largest absolute Gasteiger partial charge is 0.266 e. The molecule has 71 valence electrons. The van der Waals surface area contributed by atoms with Crippen LogP contribution in [0.2, 0.25) is 11.1 Å². The van der Waals surface area contributed by atoms with Gasteiger partial charge in [0.15, 0.2) is 0 Å². The first-order valence-electron chi connectivity index (χ1n) is 4.91. The van der Waals surface area contributed by atoms with Gasteiger partial charge in [0, 0.05) is 11.5 Å². The zero-order chi connectivity index (χ0) is 9.84. The summed E-state index contributed by atoms with van der Waals surface area (Å²) >= 11 is 0. The number of nitrogens with zero attached hydrogens (tertiary/aromatic N) is 1. The molecule has 0 saturated heterocycles. The van der Waals surface area contributed by atoms with Crippen molar-refractivity contribution in [1.29, 1.82) is 0 Å². The lowest BCUT2D eigenvalue weighted by atomic mass is 10.5. The van der Waals surface area contributed by atoms with Crippen molar-refractivity contribution in [1.82, 2.24) is 4.98 Å². The Hall–Kier alpha value is -0.633. The Bertz CT molecular complexity index is 236. The smallest absolute Gasteiger partial charge is 0.116 e. The predicted molar refractivity (Wildman–Crippen MR) is 59.8 cm³/mol. The molecular formula is C11H18NSi. The normalized spacial score (nSPS) is 11.6. The summed E-state index contributed by atoms with van der Waals surface area (Å²) in [5, 5.41) is 1.33. The van der Waals surface area contributed by atoms with E-state index >= 15 is 0 Å². The molecule has 0 aliphatic heterocycles. The van der Waals surface area contributed by atoms with Crippen molar-refractivity contribution in [2.75, 3.05) is 0 Å². The van der Waals surface area contributed by atoms with E-state index in [-0.39, 0.29) is 0 Å². The summed E-state index contributed by atoms with van der Waals surface area (Å²) in [7, 11) is -0.467. The fraction of sp³-hybridized carbons (Fsp3) is 0.545. The van der Waals surface area contributed by atoms with Gasteiger partial charge in [-0.25, -0.2) is 0 Å². The molecular weight excluding hydrogens is 174 g/mol. The fourth-order valence-electron chi connectivity index (χ4n) is 1.79. The molecule has 1 nitrogen and oxygen atoms in total. The maximum Gasteiger partial charge on any atom is 0.116 e. The first-order chi connectivity index (χ1) is 6.13. The van der Waals surface area contributed by atoms with Gasteiger partial charge in [-0.15, -0.1) is 0 Å². The van der Waals surface area contributed by atoms with E-state index in [0.717, 1.165) is 11.1 Å². The van der Waals surface area contributed by atoms with Crippen LogP contribution in [0.15, 0.2) is 24.4 Å². The summed E-state index contributed by atoms with van der Waals surface area (Å²) in [6.45, 7) is 9.23. The van der Waals surface area contributed by atoms with Crippen LogP contribution in [0.25, 0.3) is 0 Å². The second-order valence-corrected chi connectivity index (χ2v) is 7.71. The molecule has 1 heterocycles. The van der Waals surface area contributed by atoms with E-state index < -0.39 is 8.80 Å². The highest BCUT2D eigenvalue weighted by Gasteiger charge is 2.22. The molecule has 0 atom stereocenters. The first-order valence-corrected chi connectivity index (χ1v) is 6.56. The first kappa shape index (κ1) is 10.4. The zero-order valence-electron chi connectivity index (χ0n) is 8.91. The van der Waals surface area contributed by atoms with E-state index in [0.29, 0.717) is 0 Å². The van der Waals surface area contributed by atoms with Crippen molar-refractivity contribution in [3.05, 3.63) is 24.4 Å². The van der Waals surface area contributed by atoms with E-state index in [2.05, 4.69) is 44.8 Å². The molecule has 1 aromatic heterocycles. The van der Waals surface area contributed by atoms with Gasteiger partial charge >= 0.3 is 0 Å². The second-order valence-electron chi connectivity index (χ2n) is 3.98. The number of hydrogen-bond donors (Lipinski definition) is 0. The van der Waals surface area contributed by atoms with Gasteiger partial charge in [-0.3, -0.25) is 4.98 Å². The topological polar surface area (TPSA) is 12.9 Å². The minimum atomic E-state index is -0.467. The lowest BCUT2D eigenvalue weighted by Crippen LogP contribution is -2.37. The summed E-state index contributed by atoms with van der Waals surface area (Å²) in [5.74, 6) is 0. The summed E-state index contributed by atoms with van der Waals surface area (Å²) in [6, 6.07) is 6.26. The minimum Gasteiger partial charge on any atom is -0.266 e. The average molecular weight is 192 g/mol. The van der Waals surface area contributed by atoms with Gasteiger partial charge in [0.05, 0.1) is 0 Å². The molecule has 1 radical (unpaired) electrons. The Morgan fingerprint density at radius 3 is 2.08 bits per heavy atom. The Morgan fingerprint density at radius 1 is 1.08 bits per heavy atom. The molecule has 0 aliphatic rings. The molecule has 1 aromatic rings. The number of hydrogen-bond acceptors (Lipinski definition) is 1. The Morgan fingerprint density at radius 2 is 1.69 bits per heavy atom. The van der Waals surface area contributed by atoms with E-state index in [1.54, 1.807) is 0 Å². The average Bonchev–Trinajstić information content (AvgIpc) is 2.04. The van der Waals surface area contributed by atoms with Crippen molar-refractivity contribution in [3.63, 3.8) is 0 Å². The van der Waals surface area contributed by atoms with E-state index in [1.165, 1.54) is 5.32 Å². The van der Waals surface area contributed by atoms with E-state index in [1.807, 2.05) is 12.3 Å². The monoisotopic (exact) mass is 192 g/mol. The fourth-order valence-corrected chi connectivity index (χ4v) is 4.82. The number of rotatable bonds is 3. The van der Waals surface area contributed by atoms with Gasteiger partial charge in [0.2, 0.25) is 0 Å². The summed E-state index contributed by atoms with van der Waals surface area (Å²) in [6.07, 6.45) is 1.91. The van der Waals surface area contributed by atoms with Crippen LogP contribution in [-0.4, -0.2) is 13.8 Å². The maximum absolute atomic E-state index is 4.47. The SMILES string of the molecule is CC(C)[Si](c1ccccn1)C(C)C. The number of pyridine rings is 1. The third-order valence-electron chi connectivity index (χ3n) is 2.20. The van der Waals surface area contributed by atoms with Crippen LogP contribution >= 0.6 is 0 Å². The van der Waals surface area contributed by atoms with Crippen molar-refractivity contribution in [2.24, 2.45) is 0 Å². The van der Waals surface area contributed by atoms with Gasteiger partial charge in [-0.2, -0.15) is 0 Å². The van der Waals surface area contributed by atoms with Crippen LogP contribution in [0.3, 0.4) is 0 Å². The maximum atomic E-state index is 4.47. The highest BCUT2D eigenvalue weighted by atomic mass is 28.3. The van der Waals surface area contributed by atoms with Crippen molar-refractivity contribution >= 4 is 14.1 Å². The lowest BCUT2D eigenvalue weighted by molar-refractivity contribution is 0.947. The lowest BCUT2D eigenvalue weighted by Gasteiger charge is -2.21. The standard InChI is InChI=1S/C11H18NSi/c1-9(2)13(10(3)4)11-7-5-6-8-12-11/h5-10H,1-4H3. The van der Waals surface area contributed by atoms with Crippen LogP contribution in [0, 0.1) is 0 Å². The Labute approximate surface area is 82.8 Å². The van der Waals surface area contributed by atoms with E-state index in [9.17, 15) is 0 Å². The molecule has 0 unspecified atom stereocenters. The van der Waals surface area contributed by atoms with Crippen LogP contribution in [-0.2, 0) is 0 Å². The van der Waals surface area contributed by atoms with E-state index in [4.69, 9.17) is 0 Å². The molecule has 0 amide bonds. The van der Waals surface area contributed by atoms with Gasteiger partial charge in [0.1, 0.15) is 8.80 Å². The second kappa shape index (κ2) is 4.56. The van der Waals surface area contributed by atoms with Crippen LogP contribution in [0.1, 0.15) is 27.7 Å². The van der Waals surface area contributed by atoms with Crippen LogP contribution in [0.5, 0.6) is 0 Å². The Balaban J connectivity index is 2.89. The Kier molecular flexibility index (Phi) is 3.67. The molecule has 0 N–H and O–H groups in total. The molecule has 0 aliphatic carbocycles. The predicted octanol–water partition coefficient (Wildman–Crippen LogP) is 2.60. The molecule has 0 fully saturated rings. The quantitative estimate of drug-likeness (QED) is 0.671. The van der Waals surface area contributed by atoms with Crippen molar-refractivity contribution < 1.29 is 0 Å². The van der Waals surface area contributed by atoms with Crippen LogP contribution < -0.4 is 5.32 Å². The summed E-state index contributed by atoms with van der Waals surface area (Å²) < 4.78 is 0. The molecule has 0 bridgehead atoms. The van der Waals surface area contributed by atoms with Crippen molar-refractivity contribution in [3.8, 4) is 0 Å². The molecule has 13 heavy (non-hydrogen) atoms. The molecule has 1 rings (SSSR count). The van der Waals surface area contributed by atoms with Crippen LogP contribution in [0.4, 0.5) is 0 Å². The summed E-state index contributed by atoms with van der Waals surface area (Å²) in [5.41, 5.74) is 1.53. The number of aromatic nitrogens is 1. The summed E-state index contributed by atoms with van der Waals surface area (Å²) in [4.78, 5) is 4.47. The highest BCUT2D eigenvalue weighted by molar-refractivity contribution is 6.74. The highest BCUT2D eigenvalue weighted by Crippen LogP contribution is 2.18. The molecule has 0 aromatic carbocycles. The van der Waals surface area contributed by atoms with Gasteiger partial charge in [0.25, 0.3) is 0 Å². The van der Waals surface area contributed by atoms with Crippen molar-refractivity contribution in [2.45, 2.75) is 38.8 Å². The van der Waals surface area contributed by atoms with Gasteiger partial charge in [-0.05, 0) is 23.2 Å². The molecule has 2 heteroatoms. The minimum absolute atomic E-state index is 0.467. The van der Waals surface area contributed by atoms with Gasteiger partial charge < -0.3 is 0 Å². The zero-order valence-corrected chi connectivity index (χ0v) is 9.91.